The standard InChI is InChI=1S/C25H24N4S/c1-3-7-19(8-4-1)11-12-21-13-14-22(30-21)24-25(27-17-20-9-5-2-6-10-20)29-16-15-26-18-23(29)28-24/h1,3-4,7-8,13-16,18,20,27H,2,5-6,9-10,17H2. The molecule has 0 aliphatic heterocycles. The first-order valence-electron chi connectivity index (χ1n) is 10.6. The Kier molecular flexibility index (Phi) is 5.50. The molecule has 1 saturated carbocycles. The smallest absolute Gasteiger partial charge is 0.157 e. The molecule has 1 aromatic carbocycles. The molecule has 3 heterocycles. The molecule has 0 unspecified atom stereocenters. The fourth-order valence-electron chi connectivity index (χ4n) is 4.07. The fourth-order valence-corrected chi connectivity index (χ4v) is 4.92. The molecule has 3 aromatic heterocycles. The molecule has 0 saturated heterocycles. The molecule has 0 spiro atoms. The number of nitrogens with zero attached hydrogens (tertiary/aromatic N) is 3. The van der Waals surface area contributed by atoms with Gasteiger partial charge in [0.05, 0.1) is 16.0 Å². The molecule has 4 nitrogen and oxygen atoms in total. The number of fused-ring (bicyclic) bond motifs is 1. The number of imidazole rings is 1. The van der Waals surface area contributed by atoms with Crippen LogP contribution in [-0.2, 0) is 0 Å². The van der Waals surface area contributed by atoms with Crippen LogP contribution in [-0.4, -0.2) is 20.9 Å². The van der Waals surface area contributed by atoms with Crippen molar-refractivity contribution < 1.29 is 0 Å². The third-order valence-electron chi connectivity index (χ3n) is 5.66. The molecule has 30 heavy (non-hydrogen) atoms. The lowest BCUT2D eigenvalue weighted by Crippen LogP contribution is -2.18. The molecular formula is C25H24N4S. The minimum atomic E-state index is 0.745. The zero-order valence-electron chi connectivity index (χ0n) is 16.8. The summed E-state index contributed by atoms with van der Waals surface area (Å²) in [6.07, 6.45) is 12.3. The lowest BCUT2D eigenvalue weighted by Gasteiger charge is -2.22. The number of rotatable bonds is 4. The monoisotopic (exact) mass is 412 g/mol. The molecule has 0 bridgehead atoms. The highest BCUT2D eigenvalue weighted by molar-refractivity contribution is 7.16. The topological polar surface area (TPSA) is 42.2 Å². The zero-order valence-corrected chi connectivity index (χ0v) is 17.7. The minimum absolute atomic E-state index is 0.745. The van der Waals surface area contributed by atoms with Gasteiger partial charge in [0.2, 0.25) is 0 Å². The van der Waals surface area contributed by atoms with Crippen LogP contribution >= 0.6 is 11.3 Å². The summed E-state index contributed by atoms with van der Waals surface area (Å²) in [6, 6.07) is 14.3. The van der Waals surface area contributed by atoms with E-state index in [4.69, 9.17) is 4.98 Å². The van der Waals surface area contributed by atoms with Gasteiger partial charge in [-0.05, 0) is 43.0 Å². The second kappa shape index (κ2) is 8.73. The summed E-state index contributed by atoms with van der Waals surface area (Å²) >= 11 is 1.69. The Hall–Kier alpha value is -3.10. The molecule has 1 N–H and O–H groups in total. The first-order valence-corrected chi connectivity index (χ1v) is 11.4. The van der Waals surface area contributed by atoms with Crippen molar-refractivity contribution in [2.75, 3.05) is 11.9 Å². The van der Waals surface area contributed by atoms with Gasteiger partial charge in [0.25, 0.3) is 0 Å². The van der Waals surface area contributed by atoms with Gasteiger partial charge >= 0.3 is 0 Å². The van der Waals surface area contributed by atoms with E-state index < -0.39 is 0 Å². The number of aromatic nitrogens is 3. The number of benzene rings is 1. The molecule has 1 fully saturated rings. The van der Waals surface area contributed by atoms with Gasteiger partial charge in [-0.2, -0.15) is 0 Å². The van der Waals surface area contributed by atoms with E-state index in [9.17, 15) is 0 Å². The van der Waals surface area contributed by atoms with Crippen molar-refractivity contribution in [2.45, 2.75) is 32.1 Å². The Balaban J connectivity index is 1.44. The lowest BCUT2D eigenvalue weighted by molar-refractivity contribution is 0.373. The molecule has 0 atom stereocenters. The van der Waals surface area contributed by atoms with Crippen LogP contribution in [0.4, 0.5) is 5.82 Å². The second-order valence-corrected chi connectivity index (χ2v) is 8.86. The number of hydrogen-bond donors (Lipinski definition) is 1. The summed E-state index contributed by atoms with van der Waals surface area (Å²) < 4.78 is 2.11. The SMILES string of the molecule is C(#Cc1ccc(-c2nc3cnccn3c2NCC2CCCCC2)s1)c1ccccc1. The highest BCUT2D eigenvalue weighted by Crippen LogP contribution is 2.34. The average molecular weight is 413 g/mol. The molecule has 1 aliphatic carbocycles. The van der Waals surface area contributed by atoms with Crippen molar-refractivity contribution in [1.82, 2.24) is 14.4 Å². The van der Waals surface area contributed by atoms with Gasteiger partial charge in [-0.1, -0.05) is 49.3 Å². The van der Waals surface area contributed by atoms with Crippen LogP contribution in [0.2, 0.25) is 0 Å². The molecule has 4 aromatic rings. The predicted octanol–water partition coefficient (Wildman–Crippen LogP) is 5.85. The third kappa shape index (κ3) is 4.10. The van der Waals surface area contributed by atoms with Crippen molar-refractivity contribution in [3.05, 3.63) is 71.5 Å². The van der Waals surface area contributed by atoms with Crippen LogP contribution in [0.1, 0.15) is 42.5 Å². The predicted molar refractivity (Wildman–Crippen MR) is 124 cm³/mol. The molecule has 5 rings (SSSR count). The Morgan fingerprint density at radius 3 is 2.77 bits per heavy atom. The van der Waals surface area contributed by atoms with Crippen molar-refractivity contribution in [1.29, 1.82) is 0 Å². The zero-order chi connectivity index (χ0) is 20.2. The van der Waals surface area contributed by atoms with Crippen LogP contribution in [0.15, 0.2) is 61.1 Å². The lowest BCUT2D eigenvalue weighted by atomic mass is 9.89. The van der Waals surface area contributed by atoms with E-state index in [1.807, 2.05) is 48.9 Å². The van der Waals surface area contributed by atoms with Crippen LogP contribution in [0.5, 0.6) is 0 Å². The van der Waals surface area contributed by atoms with E-state index in [-0.39, 0.29) is 0 Å². The van der Waals surface area contributed by atoms with Crippen LogP contribution in [0.25, 0.3) is 16.2 Å². The summed E-state index contributed by atoms with van der Waals surface area (Å²) in [6.45, 7) is 0.995. The quantitative estimate of drug-likeness (QED) is 0.428. The highest BCUT2D eigenvalue weighted by Gasteiger charge is 2.18. The first-order chi connectivity index (χ1) is 14.9. The van der Waals surface area contributed by atoms with Crippen molar-refractivity contribution >= 4 is 22.8 Å². The average Bonchev–Trinajstić information content (AvgIpc) is 3.42. The molecule has 1 aliphatic rings. The number of hydrogen-bond acceptors (Lipinski definition) is 4. The third-order valence-corrected chi connectivity index (χ3v) is 6.66. The maximum atomic E-state index is 4.88. The molecule has 150 valence electrons. The molecule has 0 amide bonds. The van der Waals surface area contributed by atoms with Crippen molar-refractivity contribution in [2.24, 2.45) is 5.92 Å². The normalized spacial score (nSPS) is 14.4. The van der Waals surface area contributed by atoms with Crippen LogP contribution < -0.4 is 5.32 Å². The van der Waals surface area contributed by atoms with Gasteiger partial charge in [-0.25, -0.2) is 4.98 Å². The van der Waals surface area contributed by atoms with E-state index in [1.165, 1.54) is 32.1 Å². The molecule has 0 radical (unpaired) electrons. The van der Waals surface area contributed by atoms with Gasteiger partial charge in [0, 0.05) is 24.5 Å². The summed E-state index contributed by atoms with van der Waals surface area (Å²) in [5, 5.41) is 3.71. The summed E-state index contributed by atoms with van der Waals surface area (Å²) in [5.41, 5.74) is 2.88. The van der Waals surface area contributed by atoms with Gasteiger partial charge in [0.15, 0.2) is 5.65 Å². The number of thiophene rings is 1. The Bertz CT molecular complexity index is 1190. The van der Waals surface area contributed by atoms with Gasteiger partial charge in [-0.15, -0.1) is 11.3 Å². The largest absolute Gasteiger partial charge is 0.369 e. The number of nitrogens with one attached hydrogen (secondary N) is 1. The molecule has 5 heteroatoms. The number of anilines is 1. The Morgan fingerprint density at radius 1 is 1.03 bits per heavy atom. The van der Waals surface area contributed by atoms with E-state index in [0.717, 1.165) is 44.9 Å². The molecular weight excluding hydrogens is 388 g/mol. The minimum Gasteiger partial charge on any atom is -0.369 e. The van der Waals surface area contributed by atoms with E-state index in [2.05, 4.69) is 38.7 Å². The highest BCUT2D eigenvalue weighted by atomic mass is 32.1. The summed E-state index contributed by atoms with van der Waals surface area (Å²) in [4.78, 5) is 11.3. The van der Waals surface area contributed by atoms with Crippen LogP contribution in [0, 0.1) is 17.8 Å². The summed E-state index contributed by atoms with van der Waals surface area (Å²) in [7, 11) is 0. The maximum absolute atomic E-state index is 4.88. The summed E-state index contributed by atoms with van der Waals surface area (Å²) in [5.74, 6) is 8.34. The fraction of sp³-hybridized carbons (Fsp3) is 0.280. The van der Waals surface area contributed by atoms with Gasteiger partial charge < -0.3 is 5.32 Å². The van der Waals surface area contributed by atoms with Gasteiger partial charge in [0.1, 0.15) is 11.5 Å². The maximum Gasteiger partial charge on any atom is 0.157 e. The van der Waals surface area contributed by atoms with E-state index in [0.29, 0.717) is 0 Å². The van der Waals surface area contributed by atoms with Crippen LogP contribution in [0.3, 0.4) is 0 Å². The Labute approximate surface area is 181 Å². The van der Waals surface area contributed by atoms with Gasteiger partial charge in [-0.3, -0.25) is 9.38 Å². The first kappa shape index (κ1) is 18.9. The van der Waals surface area contributed by atoms with E-state index >= 15 is 0 Å². The second-order valence-electron chi connectivity index (χ2n) is 7.78. The van der Waals surface area contributed by atoms with Crippen molar-refractivity contribution in [3.8, 4) is 22.4 Å². The van der Waals surface area contributed by atoms with E-state index in [1.54, 1.807) is 11.3 Å². The van der Waals surface area contributed by atoms with Crippen molar-refractivity contribution in [3.63, 3.8) is 0 Å². The Morgan fingerprint density at radius 2 is 1.90 bits per heavy atom.